The number of hydrogen-bond donors (Lipinski definition) is 2. The molecule has 3 unspecified atom stereocenters. The van der Waals surface area contributed by atoms with Gasteiger partial charge in [-0.05, 0) is 114 Å². The van der Waals surface area contributed by atoms with Crippen molar-refractivity contribution in [1.82, 2.24) is 10.6 Å². The van der Waals surface area contributed by atoms with E-state index in [1.807, 2.05) is 39.8 Å². The van der Waals surface area contributed by atoms with Gasteiger partial charge in [0.25, 0.3) is 10.1 Å². The number of carbonyl (C=O) groups is 1. The monoisotopic (exact) mass is 520 g/mol. The van der Waals surface area contributed by atoms with Crippen molar-refractivity contribution in [2.75, 3.05) is 19.6 Å². The van der Waals surface area contributed by atoms with Crippen molar-refractivity contribution in [2.24, 2.45) is 23.2 Å². The normalized spacial score (nSPS) is 29.3. The summed E-state index contributed by atoms with van der Waals surface area (Å²) in [6.45, 7) is 10.1. The van der Waals surface area contributed by atoms with Crippen LogP contribution in [0.2, 0.25) is 0 Å². The zero-order valence-corrected chi connectivity index (χ0v) is 23.2. The number of carbonyl (C=O) groups excluding carboxylic acids is 1. The molecule has 5 atom stereocenters. The third kappa shape index (κ3) is 7.01. The molecule has 1 aromatic carbocycles. The van der Waals surface area contributed by atoms with Crippen LogP contribution in [0.3, 0.4) is 0 Å². The third-order valence-corrected chi connectivity index (χ3v) is 9.38. The molecule has 8 heteroatoms. The van der Waals surface area contributed by atoms with E-state index in [-0.39, 0.29) is 22.5 Å². The van der Waals surface area contributed by atoms with Gasteiger partial charge in [0.05, 0.1) is 11.0 Å². The number of benzene rings is 1. The summed E-state index contributed by atoms with van der Waals surface area (Å²) in [7, 11) is -3.74. The second-order valence-electron chi connectivity index (χ2n) is 12.5. The molecule has 0 aliphatic heterocycles. The molecule has 36 heavy (non-hydrogen) atoms. The van der Waals surface area contributed by atoms with Crippen LogP contribution in [0.5, 0.6) is 0 Å². The van der Waals surface area contributed by atoms with Gasteiger partial charge in [-0.3, -0.25) is 4.18 Å². The number of hydrogen-bond acceptors (Lipinski definition) is 6. The standard InChI is InChI=1S/C28H44N2O5S/c1-20-8-10-24(11-9-20)36(32,33)35-25-22-14-21-15-23(25)18-28(16-21,17-22)19-29-12-6-5-7-13-30-26(31)34-27(2,3)4/h8-11,21-23,25,29H,5-7,12-19H2,1-4H3,(H,30,31)/t21?,22-,23+,25?,28?. The Morgan fingerprint density at radius 3 is 2.28 bits per heavy atom. The molecule has 0 saturated heterocycles. The number of nitrogens with one attached hydrogen (secondary N) is 2. The number of aryl methyl sites for hydroxylation is 1. The van der Waals surface area contributed by atoms with Crippen LogP contribution < -0.4 is 10.6 Å². The Morgan fingerprint density at radius 1 is 1.00 bits per heavy atom. The van der Waals surface area contributed by atoms with Crippen LogP contribution >= 0.6 is 0 Å². The highest BCUT2D eigenvalue weighted by atomic mass is 32.2. The van der Waals surface area contributed by atoms with Gasteiger partial charge in [-0.2, -0.15) is 8.42 Å². The Bertz CT molecular complexity index is 986. The predicted octanol–water partition coefficient (Wildman–Crippen LogP) is 5.18. The molecule has 0 spiro atoms. The van der Waals surface area contributed by atoms with Gasteiger partial charge in [-0.25, -0.2) is 4.79 Å². The SMILES string of the molecule is Cc1ccc(S(=O)(=O)OC2[C@@H]3CC4C[C@H]2CC(CNCCCCCNC(=O)OC(C)(C)C)(C4)C3)cc1. The van der Waals surface area contributed by atoms with Crippen LogP contribution in [-0.4, -0.2) is 45.9 Å². The summed E-state index contributed by atoms with van der Waals surface area (Å²) in [6.07, 6.45) is 8.08. The zero-order chi connectivity index (χ0) is 26.0. The van der Waals surface area contributed by atoms with Crippen LogP contribution in [0.4, 0.5) is 4.79 Å². The quantitative estimate of drug-likeness (QED) is 0.308. The zero-order valence-electron chi connectivity index (χ0n) is 22.3. The lowest BCUT2D eigenvalue weighted by Gasteiger charge is -2.59. The second-order valence-corrected chi connectivity index (χ2v) is 14.0. The molecule has 5 rings (SSSR count). The van der Waals surface area contributed by atoms with Gasteiger partial charge < -0.3 is 15.4 Å². The Labute approximate surface area is 217 Å². The van der Waals surface area contributed by atoms with Gasteiger partial charge in [0.15, 0.2) is 0 Å². The highest BCUT2D eigenvalue weighted by Gasteiger charge is 2.56. The fourth-order valence-electron chi connectivity index (χ4n) is 6.84. The van der Waals surface area contributed by atoms with Gasteiger partial charge in [-0.15, -0.1) is 0 Å². The average Bonchev–Trinajstić information content (AvgIpc) is 2.77. The lowest BCUT2D eigenvalue weighted by atomic mass is 9.48. The van der Waals surface area contributed by atoms with E-state index in [9.17, 15) is 13.2 Å². The third-order valence-electron chi connectivity index (χ3n) is 8.06. The number of rotatable bonds is 11. The van der Waals surface area contributed by atoms with Crippen LogP contribution in [0.1, 0.15) is 77.7 Å². The van der Waals surface area contributed by atoms with E-state index >= 15 is 0 Å². The van der Waals surface area contributed by atoms with Gasteiger partial charge in [0.2, 0.25) is 0 Å². The number of ether oxygens (including phenoxy) is 1. The predicted molar refractivity (Wildman–Crippen MR) is 140 cm³/mol. The molecule has 4 aliphatic carbocycles. The topological polar surface area (TPSA) is 93.7 Å². The van der Waals surface area contributed by atoms with Crippen LogP contribution in [0.25, 0.3) is 0 Å². The van der Waals surface area contributed by atoms with E-state index in [1.165, 1.54) is 6.42 Å². The molecule has 4 saturated carbocycles. The minimum absolute atomic E-state index is 0.182. The molecule has 202 valence electrons. The first-order valence-corrected chi connectivity index (χ1v) is 15.0. The molecular weight excluding hydrogens is 476 g/mol. The van der Waals surface area contributed by atoms with Gasteiger partial charge in [-0.1, -0.05) is 24.1 Å². The summed E-state index contributed by atoms with van der Waals surface area (Å²) in [4.78, 5) is 12.0. The molecule has 2 N–H and O–H groups in total. The number of amides is 1. The van der Waals surface area contributed by atoms with E-state index < -0.39 is 15.7 Å². The lowest BCUT2D eigenvalue weighted by Crippen LogP contribution is -2.57. The summed E-state index contributed by atoms with van der Waals surface area (Å²) in [5, 5.41) is 6.51. The van der Waals surface area contributed by atoms with Crippen molar-refractivity contribution >= 4 is 16.2 Å². The first-order valence-electron chi connectivity index (χ1n) is 13.6. The molecule has 4 fully saturated rings. The fourth-order valence-corrected chi connectivity index (χ4v) is 8.02. The lowest BCUT2D eigenvalue weighted by molar-refractivity contribution is -0.121. The average molecular weight is 521 g/mol. The maximum absolute atomic E-state index is 13.0. The van der Waals surface area contributed by atoms with Crippen LogP contribution in [0, 0.1) is 30.1 Å². The van der Waals surface area contributed by atoms with Crippen molar-refractivity contribution in [3.05, 3.63) is 29.8 Å². The highest BCUT2D eigenvalue weighted by Crippen LogP contribution is 2.60. The first-order chi connectivity index (χ1) is 16.9. The van der Waals surface area contributed by atoms with Gasteiger partial charge in [0, 0.05) is 13.1 Å². The van der Waals surface area contributed by atoms with Crippen molar-refractivity contribution in [3.63, 3.8) is 0 Å². The Kier molecular flexibility index (Phi) is 8.37. The molecule has 4 aliphatic rings. The van der Waals surface area contributed by atoms with Gasteiger partial charge >= 0.3 is 6.09 Å². The smallest absolute Gasteiger partial charge is 0.407 e. The maximum Gasteiger partial charge on any atom is 0.407 e. The van der Waals surface area contributed by atoms with Gasteiger partial charge in [0.1, 0.15) is 5.60 Å². The molecule has 1 amide bonds. The second kappa shape index (κ2) is 11.0. The van der Waals surface area contributed by atoms with Crippen LogP contribution in [0.15, 0.2) is 29.2 Å². The van der Waals surface area contributed by atoms with E-state index in [4.69, 9.17) is 8.92 Å². The van der Waals surface area contributed by atoms with Crippen molar-refractivity contribution in [1.29, 1.82) is 0 Å². The minimum atomic E-state index is -3.74. The maximum atomic E-state index is 13.0. The van der Waals surface area contributed by atoms with Crippen molar-refractivity contribution in [3.8, 4) is 0 Å². The largest absolute Gasteiger partial charge is 0.444 e. The molecule has 4 bridgehead atoms. The number of alkyl carbamates (subject to hydrolysis) is 1. The fraction of sp³-hybridized carbons (Fsp3) is 0.750. The molecular formula is C28H44N2O5S. The molecule has 1 aromatic rings. The highest BCUT2D eigenvalue weighted by molar-refractivity contribution is 7.86. The first kappa shape index (κ1) is 27.4. The van der Waals surface area contributed by atoms with Crippen LogP contribution in [-0.2, 0) is 19.0 Å². The number of unbranched alkanes of at least 4 members (excludes halogenated alkanes) is 2. The molecule has 0 aromatic heterocycles. The summed E-state index contributed by atoms with van der Waals surface area (Å²) < 4.78 is 37.1. The molecule has 7 nitrogen and oxygen atoms in total. The summed E-state index contributed by atoms with van der Waals surface area (Å²) >= 11 is 0. The van der Waals surface area contributed by atoms with E-state index in [0.29, 0.717) is 24.3 Å². The van der Waals surface area contributed by atoms with Crippen molar-refractivity contribution in [2.45, 2.75) is 95.7 Å². The Hall–Kier alpha value is -1.64. The summed E-state index contributed by atoms with van der Waals surface area (Å²) in [5.41, 5.74) is 0.852. The Balaban J connectivity index is 1.19. The minimum Gasteiger partial charge on any atom is -0.444 e. The molecule has 0 heterocycles. The molecule has 0 radical (unpaired) electrons. The Morgan fingerprint density at radius 2 is 1.64 bits per heavy atom. The summed E-state index contributed by atoms with van der Waals surface area (Å²) in [5.74, 6) is 1.36. The van der Waals surface area contributed by atoms with E-state index in [0.717, 1.165) is 63.6 Å². The summed E-state index contributed by atoms with van der Waals surface area (Å²) in [6, 6.07) is 6.95. The van der Waals surface area contributed by atoms with Crippen molar-refractivity contribution < 1.29 is 22.1 Å². The van der Waals surface area contributed by atoms with E-state index in [1.54, 1.807) is 12.1 Å². The van der Waals surface area contributed by atoms with E-state index in [2.05, 4.69) is 10.6 Å².